The molecule has 0 amide bonds. The van der Waals surface area contributed by atoms with Crippen molar-refractivity contribution < 1.29 is 9.26 Å². The number of nitrogens with one attached hydrogen (secondary N) is 1. The summed E-state index contributed by atoms with van der Waals surface area (Å²) in [5, 5.41) is 7.62. The topological polar surface area (TPSA) is 73.1 Å². The molecular formula is C15H19ClN4O2. The van der Waals surface area contributed by atoms with Gasteiger partial charge in [0, 0.05) is 24.4 Å². The Bertz CT molecular complexity index is 633. The van der Waals surface area contributed by atoms with Crippen molar-refractivity contribution in [2.75, 3.05) is 20.2 Å². The number of methoxy groups -OCH3 is 1. The van der Waals surface area contributed by atoms with E-state index in [9.17, 15) is 0 Å². The second-order valence-corrected chi connectivity index (χ2v) is 5.89. The second kappa shape index (κ2) is 5.85. The van der Waals surface area contributed by atoms with Crippen LogP contribution in [-0.4, -0.2) is 35.3 Å². The highest BCUT2D eigenvalue weighted by atomic mass is 35.5. The highest BCUT2D eigenvalue weighted by Gasteiger charge is 2.51. The lowest BCUT2D eigenvalue weighted by Gasteiger charge is -2.22. The fourth-order valence-corrected chi connectivity index (χ4v) is 3.68. The standard InChI is InChI=1S/C15H18N4O2.ClH/c1-20-12-5-4-10(7-17-12)13-18-14(21-19-13)15-6-2-3-11(15)8-16-9-15;/h4-5,7,11,16H,2-3,6,8-9H2,1H3;1H/t11-,15-;/m1./s1. The maximum absolute atomic E-state index is 5.60. The number of ether oxygens (including phenoxy) is 1. The van der Waals surface area contributed by atoms with E-state index in [1.165, 1.54) is 12.8 Å². The lowest BCUT2D eigenvalue weighted by atomic mass is 9.80. The van der Waals surface area contributed by atoms with Crippen LogP contribution >= 0.6 is 12.4 Å². The van der Waals surface area contributed by atoms with Gasteiger partial charge in [0.05, 0.1) is 12.5 Å². The molecule has 0 bridgehead atoms. The number of pyridine rings is 1. The van der Waals surface area contributed by atoms with E-state index in [0.29, 0.717) is 17.6 Å². The van der Waals surface area contributed by atoms with Gasteiger partial charge in [0.2, 0.25) is 17.6 Å². The molecule has 2 aromatic heterocycles. The fourth-order valence-electron chi connectivity index (χ4n) is 3.68. The third-order valence-electron chi connectivity index (χ3n) is 4.84. The van der Waals surface area contributed by atoms with Gasteiger partial charge in [-0.2, -0.15) is 4.98 Å². The smallest absolute Gasteiger partial charge is 0.234 e. The molecular weight excluding hydrogens is 304 g/mol. The summed E-state index contributed by atoms with van der Waals surface area (Å²) in [6, 6.07) is 3.70. The zero-order chi connectivity index (χ0) is 14.3. The maximum Gasteiger partial charge on any atom is 0.234 e. The van der Waals surface area contributed by atoms with E-state index in [-0.39, 0.29) is 17.8 Å². The van der Waals surface area contributed by atoms with Crippen molar-refractivity contribution in [3.8, 4) is 17.3 Å². The Labute approximate surface area is 135 Å². The molecule has 2 aromatic rings. The van der Waals surface area contributed by atoms with Crippen molar-refractivity contribution in [1.82, 2.24) is 20.4 Å². The molecule has 1 saturated heterocycles. The quantitative estimate of drug-likeness (QED) is 0.934. The van der Waals surface area contributed by atoms with Gasteiger partial charge >= 0.3 is 0 Å². The van der Waals surface area contributed by atoms with Gasteiger partial charge in [-0.3, -0.25) is 0 Å². The molecule has 0 unspecified atom stereocenters. The molecule has 0 aromatic carbocycles. The molecule has 1 aliphatic carbocycles. The van der Waals surface area contributed by atoms with Gasteiger partial charge in [-0.15, -0.1) is 12.4 Å². The summed E-state index contributed by atoms with van der Waals surface area (Å²) in [4.78, 5) is 8.84. The first kappa shape index (κ1) is 15.2. The lowest BCUT2D eigenvalue weighted by Crippen LogP contribution is -2.31. The molecule has 7 heteroatoms. The van der Waals surface area contributed by atoms with Crippen LogP contribution in [0.5, 0.6) is 5.88 Å². The number of nitrogens with zero attached hydrogens (tertiary/aromatic N) is 3. The minimum Gasteiger partial charge on any atom is -0.481 e. The maximum atomic E-state index is 5.60. The molecule has 1 aliphatic heterocycles. The highest BCUT2D eigenvalue weighted by Crippen LogP contribution is 2.47. The molecule has 2 fully saturated rings. The van der Waals surface area contributed by atoms with E-state index >= 15 is 0 Å². The number of aromatic nitrogens is 3. The second-order valence-electron chi connectivity index (χ2n) is 5.89. The molecule has 0 spiro atoms. The van der Waals surface area contributed by atoms with Crippen molar-refractivity contribution in [1.29, 1.82) is 0 Å². The van der Waals surface area contributed by atoms with E-state index in [2.05, 4.69) is 20.4 Å². The molecule has 3 heterocycles. The summed E-state index contributed by atoms with van der Waals surface area (Å²) in [7, 11) is 1.60. The first-order valence-electron chi connectivity index (χ1n) is 7.37. The van der Waals surface area contributed by atoms with Crippen LogP contribution in [0.2, 0.25) is 0 Å². The van der Waals surface area contributed by atoms with Gasteiger partial charge < -0.3 is 14.6 Å². The van der Waals surface area contributed by atoms with Crippen molar-refractivity contribution in [3.63, 3.8) is 0 Å². The molecule has 1 N–H and O–H groups in total. The number of fused-ring (bicyclic) bond motifs is 1. The van der Waals surface area contributed by atoms with Crippen LogP contribution in [0.3, 0.4) is 0 Å². The number of hydrogen-bond acceptors (Lipinski definition) is 6. The third-order valence-corrected chi connectivity index (χ3v) is 4.84. The largest absolute Gasteiger partial charge is 0.481 e. The Morgan fingerprint density at radius 2 is 2.32 bits per heavy atom. The molecule has 118 valence electrons. The van der Waals surface area contributed by atoms with Crippen LogP contribution in [0.4, 0.5) is 0 Å². The van der Waals surface area contributed by atoms with Crippen LogP contribution in [0.25, 0.3) is 11.4 Å². The average Bonchev–Trinajstić information content (AvgIpc) is 3.21. The molecule has 1 saturated carbocycles. The predicted molar refractivity (Wildman–Crippen MR) is 83.2 cm³/mol. The fraction of sp³-hybridized carbons (Fsp3) is 0.533. The van der Waals surface area contributed by atoms with Crippen molar-refractivity contribution in [2.24, 2.45) is 5.92 Å². The molecule has 22 heavy (non-hydrogen) atoms. The van der Waals surface area contributed by atoms with Gasteiger partial charge in [0.25, 0.3) is 0 Å². The minimum absolute atomic E-state index is 0. The molecule has 2 atom stereocenters. The van der Waals surface area contributed by atoms with E-state index in [4.69, 9.17) is 9.26 Å². The average molecular weight is 323 g/mol. The monoisotopic (exact) mass is 322 g/mol. The Hall–Kier alpha value is -1.66. The van der Waals surface area contributed by atoms with Crippen LogP contribution in [0, 0.1) is 5.92 Å². The summed E-state index contributed by atoms with van der Waals surface area (Å²) < 4.78 is 10.7. The van der Waals surface area contributed by atoms with Crippen molar-refractivity contribution >= 4 is 12.4 Å². The first-order chi connectivity index (χ1) is 10.3. The summed E-state index contributed by atoms with van der Waals surface area (Å²) in [6.07, 6.45) is 5.33. The number of hydrogen-bond donors (Lipinski definition) is 1. The van der Waals surface area contributed by atoms with E-state index in [1.54, 1.807) is 19.4 Å². The molecule has 6 nitrogen and oxygen atoms in total. The molecule has 4 rings (SSSR count). The van der Waals surface area contributed by atoms with Gasteiger partial charge in [0.1, 0.15) is 0 Å². The zero-order valence-electron chi connectivity index (χ0n) is 12.4. The Morgan fingerprint density at radius 3 is 3.09 bits per heavy atom. The van der Waals surface area contributed by atoms with Crippen LogP contribution in [0.15, 0.2) is 22.9 Å². The van der Waals surface area contributed by atoms with Gasteiger partial charge in [-0.25, -0.2) is 4.98 Å². The Morgan fingerprint density at radius 1 is 1.41 bits per heavy atom. The Balaban J connectivity index is 0.00000144. The Kier molecular flexibility index (Phi) is 4.06. The normalized spacial score (nSPS) is 26.5. The van der Waals surface area contributed by atoms with Crippen LogP contribution in [-0.2, 0) is 5.41 Å². The highest BCUT2D eigenvalue weighted by molar-refractivity contribution is 5.85. The SMILES string of the molecule is COc1ccc(-c2noc([C@@]34CCC[C@@H]3CNC4)n2)cn1.Cl. The van der Waals surface area contributed by atoms with Gasteiger partial charge in [0.15, 0.2) is 0 Å². The van der Waals surface area contributed by atoms with Gasteiger partial charge in [-0.05, 0) is 31.4 Å². The van der Waals surface area contributed by atoms with Gasteiger partial charge in [-0.1, -0.05) is 11.6 Å². The van der Waals surface area contributed by atoms with E-state index < -0.39 is 0 Å². The molecule has 0 radical (unpaired) electrons. The summed E-state index contributed by atoms with van der Waals surface area (Å²) in [5.41, 5.74) is 0.896. The van der Waals surface area contributed by atoms with Crippen molar-refractivity contribution in [2.45, 2.75) is 24.7 Å². The predicted octanol–water partition coefficient (Wildman–Crippen LogP) is 2.20. The summed E-state index contributed by atoms with van der Waals surface area (Å²) in [6.45, 7) is 2.00. The minimum atomic E-state index is 0. The number of halogens is 1. The zero-order valence-corrected chi connectivity index (χ0v) is 13.2. The van der Waals surface area contributed by atoms with E-state index in [1.807, 2.05) is 6.07 Å². The lowest BCUT2D eigenvalue weighted by molar-refractivity contribution is 0.265. The first-order valence-corrected chi connectivity index (χ1v) is 7.37. The molecule has 2 aliphatic rings. The number of rotatable bonds is 3. The summed E-state index contributed by atoms with van der Waals surface area (Å²) >= 11 is 0. The van der Waals surface area contributed by atoms with Crippen LogP contribution in [0.1, 0.15) is 25.2 Å². The van der Waals surface area contributed by atoms with Crippen LogP contribution < -0.4 is 10.1 Å². The van der Waals surface area contributed by atoms with Crippen molar-refractivity contribution in [3.05, 3.63) is 24.2 Å². The summed E-state index contributed by atoms with van der Waals surface area (Å²) in [5.74, 6) is 2.59. The third kappa shape index (κ3) is 2.27. The van der Waals surface area contributed by atoms with E-state index in [0.717, 1.165) is 31.0 Å².